The normalized spacial score (nSPS) is 20.2. The summed E-state index contributed by atoms with van der Waals surface area (Å²) in [4.78, 5) is 42.4. The minimum Gasteiger partial charge on any atom is -0.619 e. The lowest BCUT2D eigenvalue weighted by Crippen LogP contribution is -2.53. The number of ketones is 1. The van der Waals surface area contributed by atoms with Gasteiger partial charge in [-0.25, -0.2) is 8.42 Å². The molecule has 2 fully saturated rings. The number of benzene rings is 1. The average molecular weight is 597 g/mol. The van der Waals surface area contributed by atoms with Crippen molar-refractivity contribution in [1.82, 2.24) is 14.5 Å². The van der Waals surface area contributed by atoms with Crippen molar-refractivity contribution in [3.05, 3.63) is 87.5 Å². The van der Waals surface area contributed by atoms with E-state index in [2.05, 4.69) is 26.1 Å². The SMILES string of the molecule is CC(C)(C)c1ccc(C(=O)NC(Cc2cccs2)C(=O)N2CCC3C2C(=O)CN3S(=O)(=O)c2ccc[n+]([O-])c2)cc1. The van der Waals surface area contributed by atoms with Gasteiger partial charge in [0.2, 0.25) is 15.9 Å². The number of carbonyl (C=O) groups is 3. The van der Waals surface area contributed by atoms with Gasteiger partial charge in [-0.15, -0.1) is 11.3 Å². The van der Waals surface area contributed by atoms with E-state index in [0.29, 0.717) is 10.3 Å². The van der Waals surface area contributed by atoms with Crippen LogP contribution in [0, 0.1) is 5.21 Å². The first kappa shape index (κ1) is 28.9. The molecule has 4 heterocycles. The predicted molar refractivity (Wildman–Crippen MR) is 153 cm³/mol. The summed E-state index contributed by atoms with van der Waals surface area (Å²) in [6.45, 7) is 6.02. The molecule has 0 saturated carbocycles. The number of hydrogen-bond acceptors (Lipinski definition) is 7. The Morgan fingerprint density at radius 2 is 1.88 bits per heavy atom. The van der Waals surface area contributed by atoms with Gasteiger partial charge in [0, 0.05) is 29.5 Å². The number of pyridine rings is 1. The Balaban J connectivity index is 1.37. The van der Waals surface area contributed by atoms with Gasteiger partial charge in [0.25, 0.3) is 5.91 Å². The van der Waals surface area contributed by atoms with E-state index in [-0.39, 0.29) is 29.7 Å². The van der Waals surface area contributed by atoms with E-state index in [4.69, 9.17) is 0 Å². The number of hydrogen-bond donors (Lipinski definition) is 1. The van der Waals surface area contributed by atoms with E-state index in [0.717, 1.165) is 20.9 Å². The minimum atomic E-state index is -4.14. The van der Waals surface area contributed by atoms with Gasteiger partial charge in [-0.2, -0.15) is 9.04 Å². The molecule has 1 N–H and O–H groups in total. The first-order valence-electron chi connectivity index (χ1n) is 13.3. The highest BCUT2D eigenvalue weighted by molar-refractivity contribution is 7.89. The van der Waals surface area contributed by atoms with Crippen molar-refractivity contribution in [2.24, 2.45) is 0 Å². The molecule has 5 rings (SSSR count). The zero-order valence-electron chi connectivity index (χ0n) is 23.0. The zero-order chi connectivity index (χ0) is 29.5. The van der Waals surface area contributed by atoms with Crippen LogP contribution in [-0.4, -0.2) is 66.4 Å². The number of Topliss-reactive ketones (excluding diaryl/α,β-unsaturated/α-hetero) is 1. The van der Waals surface area contributed by atoms with Crippen molar-refractivity contribution in [3.63, 3.8) is 0 Å². The van der Waals surface area contributed by atoms with Crippen LogP contribution in [0.3, 0.4) is 0 Å². The molecular weight excluding hydrogens is 564 g/mol. The summed E-state index contributed by atoms with van der Waals surface area (Å²) in [6, 6.07) is 10.9. The molecule has 3 aromatic rings. The highest BCUT2D eigenvalue weighted by Crippen LogP contribution is 2.34. The first-order chi connectivity index (χ1) is 19.4. The Hall–Kier alpha value is -3.61. The van der Waals surface area contributed by atoms with Gasteiger partial charge >= 0.3 is 0 Å². The number of carbonyl (C=O) groups excluding carboxylic acids is 3. The molecule has 2 aromatic heterocycles. The largest absolute Gasteiger partial charge is 0.619 e. The maximum Gasteiger partial charge on any atom is 0.251 e. The third kappa shape index (κ3) is 5.77. The Labute approximate surface area is 243 Å². The molecule has 0 aliphatic carbocycles. The minimum absolute atomic E-state index is 0.0786. The number of sulfonamides is 1. The molecule has 2 aliphatic heterocycles. The fourth-order valence-corrected chi connectivity index (χ4v) is 7.84. The van der Waals surface area contributed by atoms with E-state index in [1.807, 2.05) is 29.6 Å². The summed E-state index contributed by atoms with van der Waals surface area (Å²) in [6.07, 6.45) is 2.62. The molecule has 2 aliphatic rings. The Morgan fingerprint density at radius 3 is 2.51 bits per heavy atom. The standard InChI is InChI=1S/C29H32N4O6S2/c1-29(2,3)20-10-8-19(9-11-20)27(35)30-23(16-21-6-5-15-40-21)28(36)32-14-12-24-26(32)25(34)18-33(24)41(38,39)22-7-4-13-31(37)17-22/h4-11,13,15,17,23-24,26H,12,14,16,18H2,1-3H3,(H,30,35). The van der Waals surface area contributed by atoms with Crippen molar-refractivity contribution < 1.29 is 27.5 Å². The molecule has 0 bridgehead atoms. The number of rotatable bonds is 7. The highest BCUT2D eigenvalue weighted by Gasteiger charge is 2.54. The summed E-state index contributed by atoms with van der Waals surface area (Å²) < 4.78 is 28.2. The molecule has 10 nitrogen and oxygen atoms in total. The fourth-order valence-electron chi connectivity index (χ4n) is 5.46. The van der Waals surface area contributed by atoms with Gasteiger partial charge in [0.1, 0.15) is 17.0 Å². The molecule has 2 amide bonds. The second-order valence-electron chi connectivity index (χ2n) is 11.4. The lowest BCUT2D eigenvalue weighted by Gasteiger charge is -2.28. The van der Waals surface area contributed by atoms with E-state index in [1.54, 1.807) is 12.1 Å². The number of amides is 2. The molecule has 216 valence electrons. The lowest BCUT2D eigenvalue weighted by atomic mass is 9.86. The van der Waals surface area contributed by atoms with Crippen molar-refractivity contribution in [1.29, 1.82) is 0 Å². The van der Waals surface area contributed by atoms with Crippen molar-refractivity contribution in [2.45, 2.75) is 62.0 Å². The zero-order valence-corrected chi connectivity index (χ0v) is 24.7. The van der Waals surface area contributed by atoms with Crippen LogP contribution >= 0.6 is 11.3 Å². The van der Waals surface area contributed by atoms with Gasteiger partial charge in [-0.05, 0) is 47.0 Å². The van der Waals surface area contributed by atoms with Crippen LogP contribution in [-0.2, 0) is 31.4 Å². The maximum atomic E-state index is 13.9. The monoisotopic (exact) mass is 596 g/mol. The summed E-state index contributed by atoms with van der Waals surface area (Å²) in [5, 5.41) is 16.5. The molecule has 3 unspecified atom stereocenters. The highest BCUT2D eigenvalue weighted by atomic mass is 32.2. The molecule has 3 atom stereocenters. The van der Waals surface area contributed by atoms with E-state index in [9.17, 15) is 28.0 Å². The van der Waals surface area contributed by atoms with Crippen LogP contribution in [0.4, 0.5) is 0 Å². The summed E-state index contributed by atoms with van der Waals surface area (Å²) >= 11 is 1.46. The molecule has 12 heteroatoms. The van der Waals surface area contributed by atoms with Crippen LogP contribution in [0.2, 0.25) is 0 Å². The van der Waals surface area contributed by atoms with E-state index in [1.165, 1.54) is 34.6 Å². The quantitative estimate of drug-likeness (QED) is 0.329. The summed E-state index contributed by atoms with van der Waals surface area (Å²) in [5.41, 5.74) is 1.40. The topological polar surface area (TPSA) is 131 Å². The molecule has 0 spiro atoms. The second-order valence-corrected chi connectivity index (χ2v) is 14.3. The maximum absolute atomic E-state index is 13.9. The first-order valence-corrected chi connectivity index (χ1v) is 15.7. The number of nitrogens with one attached hydrogen (secondary N) is 1. The predicted octanol–water partition coefficient (Wildman–Crippen LogP) is 2.26. The summed E-state index contributed by atoms with van der Waals surface area (Å²) in [5.74, 6) is -1.24. The molecule has 41 heavy (non-hydrogen) atoms. The molecule has 2 saturated heterocycles. The Bertz CT molecular complexity index is 1570. The molecular formula is C29H32N4O6S2. The van der Waals surface area contributed by atoms with Gasteiger partial charge in [0.15, 0.2) is 18.2 Å². The Morgan fingerprint density at radius 1 is 1.15 bits per heavy atom. The Kier molecular flexibility index (Phi) is 7.75. The van der Waals surface area contributed by atoms with Crippen LogP contribution in [0.25, 0.3) is 0 Å². The number of likely N-dealkylation sites (tertiary alicyclic amines) is 1. The van der Waals surface area contributed by atoms with Gasteiger partial charge in [0.05, 0.1) is 12.6 Å². The van der Waals surface area contributed by atoms with Crippen LogP contribution in [0.5, 0.6) is 0 Å². The van der Waals surface area contributed by atoms with Gasteiger partial charge in [-0.3, -0.25) is 14.4 Å². The van der Waals surface area contributed by atoms with Crippen LogP contribution in [0.1, 0.15) is 48.0 Å². The number of nitrogens with zero attached hydrogens (tertiary/aromatic N) is 3. The van der Waals surface area contributed by atoms with Gasteiger partial charge in [-0.1, -0.05) is 39.0 Å². The van der Waals surface area contributed by atoms with E-state index < -0.39 is 52.3 Å². The summed E-state index contributed by atoms with van der Waals surface area (Å²) in [7, 11) is -4.14. The second kappa shape index (κ2) is 11.0. The number of fused-ring (bicyclic) bond motifs is 1. The molecule has 0 radical (unpaired) electrons. The van der Waals surface area contributed by atoms with Gasteiger partial charge < -0.3 is 15.4 Å². The van der Waals surface area contributed by atoms with Crippen LogP contribution in [0.15, 0.2) is 71.2 Å². The number of thiophene rings is 1. The smallest absolute Gasteiger partial charge is 0.251 e. The van der Waals surface area contributed by atoms with Crippen molar-refractivity contribution in [2.75, 3.05) is 13.1 Å². The third-order valence-electron chi connectivity index (χ3n) is 7.62. The van der Waals surface area contributed by atoms with Crippen molar-refractivity contribution in [3.8, 4) is 0 Å². The van der Waals surface area contributed by atoms with Crippen LogP contribution < -0.4 is 10.0 Å². The van der Waals surface area contributed by atoms with Crippen molar-refractivity contribution >= 4 is 39.0 Å². The number of aromatic nitrogens is 1. The lowest BCUT2D eigenvalue weighted by molar-refractivity contribution is -0.607. The third-order valence-corrected chi connectivity index (χ3v) is 10.4. The van der Waals surface area contributed by atoms with E-state index >= 15 is 0 Å². The fraction of sp³-hybridized carbons (Fsp3) is 0.379. The average Bonchev–Trinajstić information content (AvgIpc) is 3.67. The molecule has 1 aromatic carbocycles.